The highest BCUT2D eigenvalue weighted by Gasteiger charge is 2.15. The van der Waals surface area contributed by atoms with Crippen LogP contribution in [0, 0.1) is 10.1 Å². The van der Waals surface area contributed by atoms with Crippen molar-refractivity contribution in [2.24, 2.45) is 0 Å². The third kappa shape index (κ3) is 4.27. The molecule has 2 aromatic carbocycles. The van der Waals surface area contributed by atoms with Gasteiger partial charge >= 0.3 is 0 Å². The standard InChI is InChI=1S/C20H21N3O3/c24-20(13-12-16-8-2-4-10-18(16)23(25)26)21-17-9-3-5-11-19(17)22-14-6-1-7-15-22/h2-5,8-13H,1,6-7,14-15H2,(H,21,24)/b13-12+. The maximum Gasteiger partial charge on any atom is 0.276 e. The summed E-state index contributed by atoms with van der Waals surface area (Å²) in [7, 11) is 0. The predicted molar refractivity (Wildman–Crippen MR) is 103 cm³/mol. The van der Waals surface area contributed by atoms with E-state index < -0.39 is 4.92 Å². The molecule has 1 saturated heterocycles. The molecule has 0 spiro atoms. The summed E-state index contributed by atoms with van der Waals surface area (Å²) >= 11 is 0. The minimum atomic E-state index is -0.455. The van der Waals surface area contributed by atoms with Gasteiger partial charge in [0.05, 0.1) is 21.9 Å². The van der Waals surface area contributed by atoms with Gasteiger partial charge in [0, 0.05) is 25.2 Å². The molecule has 0 atom stereocenters. The number of nitrogens with zero attached hydrogens (tertiary/aromatic N) is 2. The monoisotopic (exact) mass is 351 g/mol. The number of benzene rings is 2. The Morgan fingerprint density at radius 2 is 1.73 bits per heavy atom. The highest BCUT2D eigenvalue weighted by atomic mass is 16.6. The van der Waals surface area contributed by atoms with E-state index in [9.17, 15) is 14.9 Å². The Kier molecular flexibility index (Phi) is 5.63. The fraction of sp³-hybridized carbons (Fsp3) is 0.250. The molecule has 2 aromatic rings. The van der Waals surface area contributed by atoms with E-state index in [-0.39, 0.29) is 11.6 Å². The molecule has 1 fully saturated rings. The smallest absolute Gasteiger partial charge is 0.276 e. The van der Waals surface area contributed by atoms with Crippen LogP contribution >= 0.6 is 0 Å². The third-order valence-electron chi connectivity index (χ3n) is 4.41. The minimum Gasteiger partial charge on any atom is -0.370 e. The van der Waals surface area contributed by atoms with Crippen molar-refractivity contribution in [1.29, 1.82) is 0 Å². The van der Waals surface area contributed by atoms with Crippen LogP contribution in [0.2, 0.25) is 0 Å². The van der Waals surface area contributed by atoms with Crippen molar-refractivity contribution in [3.8, 4) is 0 Å². The highest BCUT2D eigenvalue weighted by Crippen LogP contribution is 2.28. The summed E-state index contributed by atoms with van der Waals surface area (Å²) in [6.45, 7) is 1.97. The normalized spacial score (nSPS) is 14.4. The van der Waals surface area contributed by atoms with E-state index >= 15 is 0 Å². The van der Waals surface area contributed by atoms with Gasteiger partial charge in [-0.25, -0.2) is 0 Å². The number of hydrogen-bond donors (Lipinski definition) is 1. The fourth-order valence-corrected chi connectivity index (χ4v) is 3.12. The molecule has 0 radical (unpaired) electrons. The Balaban J connectivity index is 1.74. The maximum atomic E-state index is 12.3. The van der Waals surface area contributed by atoms with E-state index in [2.05, 4.69) is 10.2 Å². The molecule has 0 bridgehead atoms. The zero-order chi connectivity index (χ0) is 18.4. The summed E-state index contributed by atoms with van der Waals surface area (Å²) in [6.07, 6.45) is 6.34. The Morgan fingerprint density at radius 1 is 1.04 bits per heavy atom. The van der Waals surface area contributed by atoms with E-state index in [0.717, 1.165) is 37.3 Å². The van der Waals surface area contributed by atoms with Gasteiger partial charge in [0.25, 0.3) is 5.69 Å². The first-order chi connectivity index (χ1) is 12.6. The van der Waals surface area contributed by atoms with Crippen LogP contribution < -0.4 is 10.2 Å². The molecule has 1 heterocycles. The van der Waals surface area contributed by atoms with Gasteiger partial charge in [0.15, 0.2) is 0 Å². The van der Waals surface area contributed by atoms with Crippen LogP contribution in [0.1, 0.15) is 24.8 Å². The quantitative estimate of drug-likeness (QED) is 0.497. The number of amides is 1. The molecule has 134 valence electrons. The number of nitro benzene ring substituents is 1. The molecule has 1 aliphatic rings. The van der Waals surface area contributed by atoms with E-state index in [1.165, 1.54) is 24.6 Å². The van der Waals surface area contributed by atoms with E-state index in [1.807, 2.05) is 24.3 Å². The second kappa shape index (κ2) is 8.29. The molecule has 26 heavy (non-hydrogen) atoms. The van der Waals surface area contributed by atoms with Crippen LogP contribution in [0.15, 0.2) is 54.6 Å². The maximum absolute atomic E-state index is 12.3. The van der Waals surface area contributed by atoms with Gasteiger partial charge in [0.2, 0.25) is 5.91 Å². The van der Waals surface area contributed by atoms with Gasteiger partial charge in [-0.05, 0) is 43.5 Å². The number of nitro groups is 1. The summed E-state index contributed by atoms with van der Waals surface area (Å²) in [5, 5.41) is 13.9. The van der Waals surface area contributed by atoms with Gasteiger partial charge in [-0.1, -0.05) is 24.3 Å². The fourth-order valence-electron chi connectivity index (χ4n) is 3.12. The topological polar surface area (TPSA) is 75.5 Å². The zero-order valence-corrected chi connectivity index (χ0v) is 14.4. The molecule has 0 aliphatic carbocycles. The summed E-state index contributed by atoms with van der Waals surface area (Å²) < 4.78 is 0. The number of nitrogens with one attached hydrogen (secondary N) is 1. The molecule has 6 nitrogen and oxygen atoms in total. The van der Waals surface area contributed by atoms with Crippen molar-refractivity contribution in [2.75, 3.05) is 23.3 Å². The van der Waals surface area contributed by atoms with E-state index in [1.54, 1.807) is 18.2 Å². The molecular formula is C20H21N3O3. The minimum absolute atomic E-state index is 0.0229. The van der Waals surface area contributed by atoms with Gasteiger partial charge in [-0.3, -0.25) is 14.9 Å². The summed E-state index contributed by atoms with van der Waals surface area (Å²) in [4.78, 5) is 25.2. The number of para-hydroxylation sites is 3. The summed E-state index contributed by atoms with van der Waals surface area (Å²) in [5.74, 6) is -0.312. The SMILES string of the molecule is O=C(/C=C/c1ccccc1[N+](=O)[O-])Nc1ccccc1N1CCCCC1. The van der Waals surface area contributed by atoms with Crippen LogP contribution in [0.5, 0.6) is 0 Å². The first-order valence-corrected chi connectivity index (χ1v) is 8.71. The lowest BCUT2D eigenvalue weighted by Crippen LogP contribution is -2.30. The number of carbonyl (C=O) groups is 1. The second-order valence-electron chi connectivity index (χ2n) is 6.20. The van der Waals surface area contributed by atoms with E-state index in [0.29, 0.717) is 5.56 Å². The highest BCUT2D eigenvalue weighted by molar-refractivity contribution is 6.04. The Hall–Kier alpha value is -3.15. The van der Waals surface area contributed by atoms with Crippen molar-refractivity contribution in [2.45, 2.75) is 19.3 Å². The van der Waals surface area contributed by atoms with Gasteiger partial charge in [0.1, 0.15) is 0 Å². The molecule has 6 heteroatoms. The van der Waals surface area contributed by atoms with Crippen molar-refractivity contribution >= 4 is 29.0 Å². The van der Waals surface area contributed by atoms with Crippen molar-refractivity contribution < 1.29 is 9.72 Å². The number of hydrogen-bond acceptors (Lipinski definition) is 4. The Bertz CT molecular complexity index is 827. The Morgan fingerprint density at radius 3 is 2.50 bits per heavy atom. The van der Waals surface area contributed by atoms with Gasteiger partial charge in [-0.2, -0.15) is 0 Å². The zero-order valence-electron chi connectivity index (χ0n) is 14.4. The molecular weight excluding hydrogens is 330 g/mol. The number of anilines is 2. The summed E-state index contributed by atoms with van der Waals surface area (Å²) in [6, 6.07) is 14.1. The molecule has 0 unspecified atom stereocenters. The van der Waals surface area contributed by atoms with E-state index in [4.69, 9.17) is 0 Å². The second-order valence-corrected chi connectivity index (χ2v) is 6.20. The molecule has 0 saturated carbocycles. The lowest BCUT2D eigenvalue weighted by molar-refractivity contribution is -0.385. The first kappa shape index (κ1) is 17.7. The molecule has 1 amide bonds. The van der Waals surface area contributed by atoms with Crippen LogP contribution in [0.25, 0.3) is 6.08 Å². The van der Waals surface area contributed by atoms with Crippen molar-refractivity contribution in [3.63, 3.8) is 0 Å². The molecule has 1 N–H and O–H groups in total. The third-order valence-corrected chi connectivity index (χ3v) is 4.41. The van der Waals surface area contributed by atoms with Gasteiger partial charge in [-0.15, -0.1) is 0 Å². The molecule has 3 rings (SSSR count). The van der Waals surface area contributed by atoms with Crippen LogP contribution in [-0.4, -0.2) is 23.9 Å². The average molecular weight is 351 g/mol. The average Bonchev–Trinajstić information content (AvgIpc) is 2.67. The van der Waals surface area contributed by atoms with Crippen molar-refractivity contribution in [3.05, 3.63) is 70.3 Å². The largest absolute Gasteiger partial charge is 0.370 e. The molecule has 0 aromatic heterocycles. The van der Waals surface area contributed by atoms with Crippen molar-refractivity contribution in [1.82, 2.24) is 0 Å². The van der Waals surface area contributed by atoms with Gasteiger partial charge < -0.3 is 10.2 Å². The lowest BCUT2D eigenvalue weighted by Gasteiger charge is -2.30. The summed E-state index contributed by atoms with van der Waals surface area (Å²) in [5.41, 5.74) is 2.15. The van der Waals surface area contributed by atoms with Crippen LogP contribution in [-0.2, 0) is 4.79 Å². The number of rotatable bonds is 5. The molecule has 1 aliphatic heterocycles. The number of carbonyl (C=O) groups excluding carboxylic acids is 1. The lowest BCUT2D eigenvalue weighted by atomic mass is 10.1. The van der Waals surface area contributed by atoms with Crippen LogP contribution in [0.3, 0.4) is 0 Å². The first-order valence-electron chi connectivity index (χ1n) is 8.71. The number of piperidine rings is 1. The Labute approximate surface area is 152 Å². The van der Waals surface area contributed by atoms with Crippen LogP contribution in [0.4, 0.5) is 17.1 Å². The predicted octanol–water partition coefficient (Wildman–Crippen LogP) is 4.24.